The molecule has 0 spiro atoms. The summed E-state index contributed by atoms with van der Waals surface area (Å²) in [5, 5.41) is 15.3. The number of benzene rings is 1. The van der Waals surface area contributed by atoms with Crippen LogP contribution in [0.2, 0.25) is 0 Å². The summed E-state index contributed by atoms with van der Waals surface area (Å²) in [7, 11) is 1.63. The van der Waals surface area contributed by atoms with Crippen LogP contribution in [0.1, 0.15) is 19.8 Å². The van der Waals surface area contributed by atoms with Crippen LogP contribution in [-0.4, -0.2) is 29.7 Å². The topological polar surface area (TPSA) is 77.3 Å². The molecular formula is C15H19N3O3. The molecule has 1 N–H and O–H groups in total. The van der Waals surface area contributed by atoms with Crippen molar-refractivity contribution in [2.45, 2.75) is 25.8 Å². The van der Waals surface area contributed by atoms with Crippen LogP contribution in [0.25, 0.3) is 10.9 Å². The molecule has 0 radical (unpaired) electrons. The minimum atomic E-state index is -0.405. The highest BCUT2D eigenvalue weighted by Crippen LogP contribution is 2.32. The number of nitro groups is 1. The van der Waals surface area contributed by atoms with Crippen molar-refractivity contribution in [3.63, 3.8) is 0 Å². The second-order valence-electron chi connectivity index (χ2n) is 4.88. The van der Waals surface area contributed by atoms with Gasteiger partial charge in [-0.3, -0.25) is 10.1 Å². The van der Waals surface area contributed by atoms with Crippen molar-refractivity contribution in [3.8, 4) is 0 Å². The quantitative estimate of drug-likeness (QED) is 0.624. The number of hydrogen-bond acceptors (Lipinski definition) is 5. The van der Waals surface area contributed by atoms with Gasteiger partial charge in [0.25, 0.3) is 0 Å². The minimum absolute atomic E-state index is 0.00842. The fourth-order valence-corrected chi connectivity index (χ4v) is 2.37. The Morgan fingerprint density at radius 2 is 2.19 bits per heavy atom. The van der Waals surface area contributed by atoms with Gasteiger partial charge in [0.15, 0.2) is 0 Å². The Labute approximate surface area is 123 Å². The molecular weight excluding hydrogens is 270 g/mol. The van der Waals surface area contributed by atoms with Crippen molar-refractivity contribution < 1.29 is 9.66 Å². The number of methoxy groups -OCH3 is 1. The lowest BCUT2D eigenvalue weighted by Crippen LogP contribution is -2.25. The third-order valence-corrected chi connectivity index (χ3v) is 3.31. The van der Waals surface area contributed by atoms with E-state index in [9.17, 15) is 10.1 Å². The zero-order valence-electron chi connectivity index (χ0n) is 12.2. The maximum Gasteiger partial charge on any atom is 0.311 e. The third kappa shape index (κ3) is 3.46. The van der Waals surface area contributed by atoms with E-state index in [0.717, 1.165) is 23.7 Å². The van der Waals surface area contributed by atoms with Gasteiger partial charge in [-0.1, -0.05) is 31.5 Å². The molecule has 1 heterocycles. The maximum absolute atomic E-state index is 11.3. The highest BCUT2D eigenvalue weighted by molar-refractivity contribution is 5.95. The molecule has 0 aliphatic rings. The monoisotopic (exact) mass is 289 g/mol. The first-order valence-electron chi connectivity index (χ1n) is 6.95. The van der Waals surface area contributed by atoms with Gasteiger partial charge in [0.2, 0.25) is 0 Å². The van der Waals surface area contributed by atoms with Gasteiger partial charge in [-0.15, -0.1) is 0 Å². The molecule has 0 saturated heterocycles. The van der Waals surface area contributed by atoms with E-state index >= 15 is 0 Å². The Morgan fingerprint density at radius 3 is 2.86 bits per heavy atom. The Hall–Kier alpha value is -2.21. The van der Waals surface area contributed by atoms with Gasteiger partial charge in [0, 0.05) is 18.5 Å². The van der Waals surface area contributed by atoms with Crippen LogP contribution in [0.5, 0.6) is 0 Å². The van der Waals surface area contributed by atoms with Gasteiger partial charge in [-0.25, -0.2) is 4.98 Å². The van der Waals surface area contributed by atoms with E-state index in [-0.39, 0.29) is 11.7 Å². The number of ether oxygens (including phenoxy) is 1. The summed E-state index contributed by atoms with van der Waals surface area (Å²) >= 11 is 0. The van der Waals surface area contributed by atoms with Crippen molar-refractivity contribution in [1.82, 2.24) is 4.98 Å². The first-order chi connectivity index (χ1) is 10.2. The van der Waals surface area contributed by atoms with Gasteiger partial charge < -0.3 is 10.1 Å². The van der Waals surface area contributed by atoms with Gasteiger partial charge >= 0.3 is 5.69 Å². The predicted octanol–water partition coefficient (Wildman–Crippen LogP) is 3.37. The fourth-order valence-electron chi connectivity index (χ4n) is 2.37. The highest BCUT2D eigenvalue weighted by Gasteiger charge is 2.20. The second kappa shape index (κ2) is 6.99. The zero-order chi connectivity index (χ0) is 15.2. The predicted molar refractivity (Wildman–Crippen MR) is 82.6 cm³/mol. The molecule has 1 aromatic heterocycles. The summed E-state index contributed by atoms with van der Waals surface area (Å²) in [6.07, 6.45) is 3.15. The fraction of sp³-hybridized carbons (Fsp3) is 0.400. The molecule has 0 aliphatic heterocycles. The number of nitrogens with zero attached hydrogens (tertiary/aromatic N) is 2. The number of rotatable bonds is 7. The largest absolute Gasteiger partial charge is 0.383 e. The number of pyridine rings is 1. The molecule has 112 valence electrons. The molecule has 6 heteroatoms. The average molecular weight is 289 g/mol. The van der Waals surface area contributed by atoms with Crippen LogP contribution in [0.4, 0.5) is 11.4 Å². The van der Waals surface area contributed by atoms with Crippen LogP contribution >= 0.6 is 0 Å². The molecule has 0 bridgehead atoms. The maximum atomic E-state index is 11.3. The molecule has 2 rings (SSSR count). The molecule has 0 aliphatic carbocycles. The second-order valence-corrected chi connectivity index (χ2v) is 4.88. The van der Waals surface area contributed by atoms with Crippen molar-refractivity contribution >= 4 is 22.3 Å². The number of anilines is 1. The van der Waals surface area contributed by atoms with Crippen molar-refractivity contribution in [2.75, 3.05) is 19.0 Å². The zero-order valence-corrected chi connectivity index (χ0v) is 12.2. The van der Waals surface area contributed by atoms with E-state index in [4.69, 9.17) is 4.74 Å². The molecule has 21 heavy (non-hydrogen) atoms. The molecule has 1 unspecified atom stereocenters. The molecule has 2 aromatic rings. The van der Waals surface area contributed by atoms with Crippen LogP contribution in [0.3, 0.4) is 0 Å². The number of para-hydroxylation sites is 1. The average Bonchev–Trinajstić information content (AvgIpc) is 2.47. The number of nitrogens with one attached hydrogen (secondary N) is 1. The van der Waals surface area contributed by atoms with E-state index < -0.39 is 4.92 Å². The van der Waals surface area contributed by atoms with Gasteiger partial charge in [0.1, 0.15) is 11.9 Å². The van der Waals surface area contributed by atoms with Crippen LogP contribution in [-0.2, 0) is 4.74 Å². The summed E-state index contributed by atoms with van der Waals surface area (Å²) in [6.45, 7) is 2.57. The summed E-state index contributed by atoms with van der Waals surface area (Å²) in [4.78, 5) is 15.0. The molecule has 1 aromatic carbocycles. The minimum Gasteiger partial charge on any atom is -0.383 e. The van der Waals surface area contributed by atoms with Gasteiger partial charge in [0.05, 0.1) is 17.0 Å². The highest BCUT2D eigenvalue weighted by atomic mass is 16.6. The number of aromatic nitrogens is 1. The summed E-state index contributed by atoms with van der Waals surface area (Å²) in [6, 6.07) is 7.43. The van der Waals surface area contributed by atoms with Crippen LogP contribution in [0, 0.1) is 10.1 Å². The molecule has 0 amide bonds. The first kappa shape index (κ1) is 15.2. The molecule has 0 saturated carbocycles. The third-order valence-electron chi connectivity index (χ3n) is 3.31. The van der Waals surface area contributed by atoms with E-state index in [2.05, 4.69) is 17.2 Å². The van der Waals surface area contributed by atoms with Crippen molar-refractivity contribution in [3.05, 3.63) is 40.6 Å². The first-order valence-corrected chi connectivity index (χ1v) is 6.95. The molecule has 6 nitrogen and oxygen atoms in total. The summed E-state index contributed by atoms with van der Waals surface area (Å²) in [5.74, 6) is 0. The Balaban J connectivity index is 2.47. The van der Waals surface area contributed by atoms with E-state index in [1.807, 2.05) is 24.3 Å². The Bertz CT molecular complexity index is 625. The summed E-state index contributed by atoms with van der Waals surface area (Å²) < 4.78 is 5.19. The van der Waals surface area contributed by atoms with Crippen LogP contribution in [0.15, 0.2) is 30.5 Å². The normalized spacial score (nSPS) is 12.3. The van der Waals surface area contributed by atoms with Crippen molar-refractivity contribution in [1.29, 1.82) is 0 Å². The molecule has 0 fully saturated rings. The lowest BCUT2D eigenvalue weighted by molar-refractivity contribution is -0.384. The Kier molecular flexibility index (Phi) is 5.05. The summed E-state index contributed by atoms with van der Waals surface area (Å²) in [5.41, 5.74) is 1.24. The lowest BCUT2D eigenvalue weighted by atomic mass is 10.1. The lowest BCUT2D eigenvalue weighted by Gasteiger charge is -2.19. The number of hydrogen-bond donors (Lipinski definition) is 1. The van der Waals surface area contributed by atoms with Crippen LogP contribution < -0.4 is 5.32 Å². The van der Waals surface area contributed by atoms with Gasteiger partial charge in [-0.05, 0) is 12.5 Å². The van der Waals surface area contributed by atoms with E-state index in [0.29, 0.717) is 12.3 Å². The SMILES string of the molecule is CCCC(COC)Nc1c([N+](=O)[O-])cnc2ccccc12. The number of fused-ring (bicyclic) bond motifs is 1. The smallest absolute Gasteiger partial charge is 0.311 e. The molecule has 1 atom stereocenters. The van der Waals surface area contributed by atoms with E-state index in [1.54, 1.807) is 7.11 Å². The van der Waals surface area contributed by atoms with Gasteiger partial charge in [-0.2, -0.15) is 0 Å². The van der Waals surface area contributed by atoms with E-state index in [1.165, 1.54) is 6.20 Å². The van der Waals surface area contributed by atoms with Crippen molar-refractivity contribution in [2.24, 2.45) is 0 Å². The standard InChI is InChI=1S/C15H19N3O3/c1-3-6-11(10-21-2)17-15-12-7-4-5-8-13(12)16-9-14(15)18(19)20/h4-5,7-9,11H,3,6,10H2,1-2H3,(H,16,17). The Morgan fingerprint density at radius 1 is 1.43 bits per heavy atom.